The summed E-state index contributed by atoms with van der Waals surface area (Å²) in [4.78, 5) is 3.35. The minimum absolute atomic E-state index is 0.193. The molecule has 20 heavy (non-hydrogen) atoms. The Morgan fingerprint density at radius 2 is 2.00 bits per heavy atom. The van der Waals surface area contributed by atoms with E-state index in [9.17, 15) is 8.42 Å². The summed E-state index contributed by atoms with van der Waals surface area (Å²) in [5, 5.41) is 1.19. The number of aromatic amines is 1. The molecule has 0 aliphatic carbocycles. The minimum Gasteiger partial charge on any atom is -0.358 e. The molecule has 0 saturated carbocycles. The van der Waals surface area contributed by atoms with E-state index < -0.39 is 10.0 Å². The van der Waals surface area contributed by atoms with Crippen molar-refractivity contribution >= 4 is 20.9 Å². The van der Waals surface area contributed by atoms with Crippen LogP contribution >= 0.6 is 0 Å². The van der Waals surface area contributed by atoms with Crippen LogP contribution in [0.1, 0.15) is 30.2 Å². The van der Waals surface area contributed by atoms with Crippen LogP contribution in [0.5, 0.6) is 0 Å². The minimum atomic E-state index is -3.12. The van der Waals surface area contributed by atoms with Crippen LogP contribution < -0.4 is 4.72 Å². The Balaban J connectivity index is 2.14. The molecule has 2 N–H and O–H groups in total. The Kier molecular flexibility index (Phi) is 4.50. The van der Waals surface area contributed by atoms with Gasteiger partial charge in [-0.25, -0.2) is 13.1 Å². The van der Waals surface area contributed by atoms with Gasteiger partial charge < -0.3 is 4.98 Å². The fraction of sp³-hybridized carbons (Fsp3) is 0.467. The lowest BCUT2D eigenvalue weighted by Crippen LogP contribution is -2.28. The highest BCUT2D eigenvalue weighted by molar-refractivity contribution is 7.89. The second-order valence-corrected chi connectivity index (χ2v) is 7.17. The standard InChI is InChI=1S/C15H22N2O2S/c1-4-9-20(18,19)16-8-7-13-12(3)17-15-6-5-11(2)10-14(13)15/h5-6,10,16-17H,4,7-9H2,1-3H3. The Bertz CT molecular complexity index is 702. The smallest absolute Gasteiger partial charge is 0.211 e. The van der Waals surface area contributed by atoms with E-state index >= 15 is 0 Å². The van der Waals surface area contributed by atoms with Gasteiger partial charge in [0.1, 0.15) is 0 Å². The molecule has 0 amide bonds. The van der Waals surface area contributed by atoms with E-state index in [0.717, 1.165) is 11.2 Å². The summed E-state index contributed by atoms with van der Waals surface area (Å²) in [7, 11) is -3.12. The predicted octanol–water partition coefficient (Wildman–Crippen LogP) is 2.66. The predicted molar refractivity (Wildman–Crippen MR) is 83.6 cm³/mol. The normalized spacial score (nSPS) is 12.2. The molecule has 0 saturated heterocycles. The molecule has 0 radical (unpaired) electrons. The van der Waals surface area contributed by atoms with Crippen LogP contribution in [0.25, 0.3) is 10.9 Å². The third kappa shape index (κ3) is 3.41. The number of rotatable bonds is 6. The van der Waals surface area contributed by atoms with E-state index in [4.69, 9.17) is 0 Å². The lowest BCUT2D eigenvalue weighted by atomic mass is 10.1. The number of benzene rings is 1. The topological polar surface area (TPSA) is 62.0 Å². The van der Waals surface area contributed by atoms with Gasteiger partial charge in [-0.05, 0) is 44.4 Å². The van der Waals surface area contributed by atoms with Gasteiger partial charge in [-0.2, -0.15) is 0 Å². The molecule has 110 valence electrons. The van der Waals surface area contributed by atoms with Crippen LogP contribution in [0.4, 0.5) is 0 Å². The van der Waals surface area contributed by atoms with Crippen LogP contribution in [-0.2, 0) is 16.4 Å². The number of H-pyrrole nitrogens is 1. The maximum Gasteiger partial charge on any atom is 0.211 e. The average Bonchev–Trinajstić information content (AvgIpc) is 2.65. The summed E-state index contributed by atoms with van der Waals surface area (Å²) in [6.45, 7) is 6.41. The average molecular weight is 294 g/mol. The van der Waals surface area contributed by atoms with Crippen molar-refractivity contribution in [2.75, 3.05) is 12.3 Å². The highest BCUT2D eigenvalue weighted by Crippen LogP contribution is 2.23. The second kappa shape index (κ2) is 5.97. The molecule has 2 rings (SSSR count). The molecule has 1 aromatic heterocycles. The van der Waals surface area contributed by atoms with Crippen molar-refractivity contribution < 1.29 is 8.42 Å². The number of hydrogen-bond acceptors (Lipinski definition) is 2. The maximum absolute atomic E-state index is 11.6. The second-order valence-electron chi connectivity index (χ2n) is 5.24. The Morgan fingerprint density at radius 3 is 2.70 bits per heavy atom. The van der Waals surface area contributed by atoms with Gasteiger partial charge in [0.05, 0.1) is 5.75 Å². The number of aromatic nitrogens is 1. The van der Waals surface area contributed by atoms with Crippen LogP contribution in [0.3, 0.4) is 0 Å². The molecule has 5 heteroatoms. The molecule has 2 aromatic rings. The lowest BCUT2D eigenvalue weighted by Gasteiger charge is -2.06. The van der Waals surface area contributed by atoms with Crippen molar-refractivity contribution in [3.63, 3.8) is 0 Å². The Labute approximate surface area is 120 Å². The summed E-state index contributed by atoms with van der Waals surface area (Å²) < 4.78 is 25.9. The number of fused-ring (bicyclic) bond motifs is 1. The third-order valence-corrected chi connectivity index (χ3v) is 5.03. The fourth-order valence-corrected chi connectivity index (χ4v) is 3.59. The lowest BCUT2D eigenvalue weighted by molar-refractivity contribution is 0.580. The molecule has 0 fully saturated rings. The van der Waals surface area contributed by atoms with Crippen LogP contribution in [0, 0.1) is 13.8 Å². The van der Waals surface area contributed by atoms with Crippen molar-refractivity contribution in [2.24, 2.45) is 0 Å². The van der Waals surface area contributed by atoms with Gasteiger partial charge in [0.25, 0.3) is 0 Å². The van der Waals surface area contributed by atoms with Crippen molar-refractivity contribution in [1.82, 2.24) is 9.71 Å². The first kappa shape index (κ1) is 15.1. The molecule has 0 aliphatic heterocycles. The molecule has 0 spiro atoms. The fourth-order valence-electron chi connectivity index (χ4n) is 2.49. The van der Waals surface area contributed by atoms with E-state index in [2.05, 4.69) is 34.8 Å². The van der Waals surface area contributed by atoms with Crippen LogP contribution in [0.15, 0.2) is 18.2 Å². The quantitative estimate of drug-likeness (QED) is 0.860. The summed E-state index contributed by atoms with van der Waals surface area (Å²) in [6.07, 6.45) is 1.35. The van der Waals surface area contributed by atoms with Gasteiger partial charge >= 0.3 is 0 Å². The highest BCUT2D eigenvalue weighted by Gasteiger charge is 2.11. The number of hydrogen-bond donors (Lipinski definition) is 2. The zero-order valence-corrected chi connectivity index (χ0v) is 13.1. The molecule has 1 aromatic carbocycles. The van der Waals surface area contributed by atoms with Crippen LogP contribution in [-0.4, -0.2) is 25.7 Å². The molecular formula is C15H22N2O2S. The first-order valence-electron chi connectivity index (χ1n) is 6.98. The Hall–Kier alpha value is -1.33. The first-order valence-corrected chi connectivity index (χ1v) is 8.63. The van der Waals surface area contributed by atoms with E-state index in [1.807, 2.05) is 13.8 Å². The monoisotopic (exact) mass is 294 g/mol. The van der Waals surface area contributed by atoms with Gasteiger partial charge in [0.2, 0.25) is 10.0 Å². The highest BCUT2D eigenvalue weighted by atomic mass is 32.2. The molecule has 0 bridgehead atoms. The zero-order valence-electron chi connectivity index (χ0n) is 12.3. The first-order chi connectivity index (χ1) is 9.43. The number of nitrogens with one attached hydrogen (secondary N) is 2. The molecule has 0 aliphatic rings. The largest absolute Gasteiger partial charge is 0.358 e. The van der Waals surface area contributed by atoms with Gasteiger partial charge in [-0.15, -0.1) is 0 Å². The third-order valence-electron chi connectivity index (χ3n) is 3.44. The zero-order chi connectivity index (χ0) is 14.8. The Morgan fingerprint density at radius 1 is 1.25 bits per heavy atom. The van der Waals surface area contributed by atoms with Crippen molar-refractivity contribution in [3.05, 3.63) is 35.0 Å². The van der Waals surface area contributed by atoms with Gasteiger partial charge in [0.15, 0.2) is 0 Å². The van der Waals surface area contributed by atoms with Crippen LogP contribution in [0.2, 0.25) is 0 Å². The van der Waals surface area contributed by atoms with E-state index in [0.29, 0.717) is 19.4 Å². The molecular weight excluding hydrogens is 272 g/mol. The van der Waals surface area contributed by atoms with Crippen molar-refractivity contribution in [2.45, 2.75) is 33.6 Å². The summed E-state index contributed by atoms with van der Waals surface area (Å²) in [5.41, 5.74) is 4.63. The molecule has 0 atom stereocenters. The molecule has 0 unspecified atom stereocenters. The summed E-state index contributed by atoms with van der Waals surface area (Å²) in [5.74, 6) is 0.193. The van der Waals surface area contributed by atoms with Gasteiger partial charge in [0, 0.05) is 23.1 Å². The summed E-state index contributed by atoms with van der Waals surface area (Å²) >= 11 is 0. The van der Waals surface area contributed by atoms with Crippen molar-refractivity contribution in [3.8, 4) is 0 Å². The maximum atomic E-state index is 11.6. The number of sulfonamides is 1. The molecule has 4 nitrogen and oxygen atoms in total. The van der Waals surface area contributed by atoms with Gasteiger partial charge in [-0.3, -0.25) is 0 Å². The van der Waals surface area contributed by atoms with E-state index in [-0.39, 0.29) is 5.75 Å². The van der Waals surface area contributed by atoms with Crippen molar-refractivity contribution in [1.29, 1.82) is 0 Å². The van der Waals surface area contributed by atoms with E-state index in [1.165, 1.54) is 16.5 Å². The van der Waals surface area contributed by atoms with E-state index in [1.54, 1.807) is 0 Å². The number of aryl methyl sites for hydroxylation is 2. The summed E-state index contributed by atoms with van der Waals surface area (Å²) in [6, 6.07) is 6.29. The van der Waals surface area contributed by atoms with Gasteiger partial charge in [-0.1, -0.05) is 18.6 Å². The SMILES string of the molecule is CCCS(=O)(=O)NCCc1c(C)[nH]c2ccc(C)cc12. The molecule has 1 heterocycles.